The number of anilines is 1. The number of carbonyl (C=O) groups is 2. The van der Waals surface area contributed by atoms with Crippen molar-refractivity contribution in [2.24, 2.45) is 0 Å². The van der Waals surface area contributed by atoms with Crippen LogP contribution in [0.25, 0.3) is 0 Å². The Morgan fingerprint density at radius 3 is 2.07 bits per heavy atom. The summed E-state index contributed by atoms with van der Waals surface area (Å²) < 4.78 is 12.9. The third kappa shape index (κ3) is 5.29. The monoisotopic (exact) mass is 390 g/mol. The van der Waals surface area contributed by atoms with Gasteiger partial charge in [0.25, 0.3) is 11.8 Å². The highest BCUT2D eigenvalue weighted by atomic mass is 19.1. The summed E-state index contributed by atoms with van der Waals surface area (Å²) in [6, 6.07) is 18.6. The second-order valence-corrected chi connectivity index (χ2v) is 6.93. The average Bonchev–Trinajstić information content (AvgIpc) is 2.72. The third-order valence-electron chi connectivity index (χ3n) is 4.72. The summed E-state index contributed by atoms with van der Waals surface area (Å²) in [7, 11) is 0. The molecule has 0 aliphatic carbocycles. The fraction of sp³-hybridized carbons (Fsp3) is 0.167. The van der Waals surface area contributed by atoms with Gasteiger partial charge >= 0.3 is 0 Å². The van der Waals surface area contributed by atoms with Gasteiger partial charge in [0.15, 0.2) is 0 Å². The molecule has 4 nitrogen and oxygen atoms in total. The van der Waals surface area contributed by atoms with Gasteiger partial charge in [-0.2, -0.15) is 0 Å². The summed E-state index contributed by atoms with van der Waals surface area (Å²) in [5.41, 5.74) is 4.51. The van der Waals surface area contributed by atoms with E-state index < -0.39 is 0 Å². The maximum Gasteiger partial charge on any atom is 0.255 e. The Bertz CT molecular complexity index is 1010. The topological polar surface area (TPSA) is 58.2 Å². The van der Waals surface area contributed by atoms with Crippen LogP contribution >= 0.6 is 0 Å². The standard InChI is InChI=1S/C24H23FN2O2/c1-16-5-3-6-17(2)22(16)27-24(29)20-8-4-7-19(15-20)23(28)26-14-13-18-9-11-21(25)12-10-18/h3-12,15H,13-14H2,1-2H3,(H,26,28)(H,27,29). The number of rotatable bonds is 6. The largest absolute Gasteiger partial charge is 0.352 e. The van der Waals surface area contributed by atoms with E-state index in [9.17, 15) is 14.0 Å². The molecule has 0 spiro atoms. The highest BCUT2D eigenvalue weighted by molar-refractivity contribution is 6.06. The fourth-order valence-electron chi connectivity index (χ4n) is 3.07. The van der Waals surface area contributed by atoms with E-state index in [2.05, 4.69) is 10.6 Å². The summed E-state index contributed by atoms with van der Waals surface area (Å²) in [5.74, 6) is -0.800. The van der Waals surface area contributed by atoms with Gasteiger partial charge in [-0.15, -0.1) is 0 Å². The Labute approximate surface area is 169 Å². The van der Waals surface area contributed by atoms with Gasteiger partial charge in [-0.1, -0.05) is 36.4 Å². The number of nitrogens with one attached hydrogen (secondary N) is 2. The predicted molar refractivity (Wildman–Crippen MR) is 113 cm³/mol. The lowest BCUT2D eigenvalue weighted by Gasteiger charge is -2.12. The number of benzene rings is 3. The molecule has 0 aliphatic rings. The van der Waals surface area contributed by atoms with Gasteiger partial charge in [0, 0.05) is 23.4 Å². The zero-order chi connectivity index (χ0) is 20.8. The van der Waals surface area contributed by atoms with E-state index in [0.29, 0.717) is 24.1 Å². The second-order valence-electron chi connectivity index (χ2n) is 6.93. The number of para-hydroxylation sites is 1. The van der Waals surface area contributed by atoms with Crippen molar-refractivity contribution >= 4 is 17.5 Å². The Morgan fingerprint density at radius 2 is 1.41 bits per heavy atom. The van der Waals surface area contributed by atoms with Gasteiger partial charge < -0.3 is 10.6 Å². The molecule has 0 fully saturated rings. The fourth-order valence-corrected chi connectivity index (χ4v) is 3.07. The molecule has 0 bridgehead atoms. The molecular weight excluding hydrogens is 367 g/mol. The van der Waals surface area contributed by atoms with Crippen LogP contribution in [0.5, 0.6) is 0 Å². The summed E-state index contributed by atoms with van der Waals surface area (Å²) in [4.78, 5) is 25.1. The molecule has 2 N–H and O–H groups in total. The van der Waals surface area contributed by atoms with Crippen molar-refractivity contribution in [3.8, 4) is 0 Å². The van der Waals surface area contributed by atoms with Gasteiger partial charge in [0.1, 0.15) is 5.82 Å². The average molecular weight is 390 g/mol. The molecular formula is C24H23FN2O2. The smallest absolute Gasteiger partial charge is 0.255 e. The summed E-state index contributed by atoms with van der Waals surface area (Å²) in [6.45, 7) is 4.30. The van der Waals surface area contributed by atoms with Crippen LogP contribution < -0.4 is 10.6 Å². The highest BCUT2D eigenvalue weighted by Gasteiger charge is 2.12. The number of hydrogen-bond acceptors (Lipinski definition) is 2. The molecule has 3 aromatic carbocycles. The van der Waals surface area contributed by atoms with Crippen molar-refractivity contribution in [2.75, 3.05) is 11.9 Å². The number of carbonyl (C=O) groups excluding carboxylic acids is 2. The van der Waals surface area contributed by atoms with Crippen molar-refractivity contribution in [3.63, 3.8) is 0 Å². The molecule has 0 saturated carbocycles. The SMILES string of the molecule is Cc1cccc(C)c1NC(=O)c1cccc(C(=O)NCCc2ccc(F)cc2)c1. The Kier molecular flexibility index (Phi) is 6.39. The molecule has 0 unspecified atom stereocenters. The lowest BCUT2D eigenvalue weighted by molar-refractivity contribution is 0.0954. The number of aryl methyl sites for hydroxylation is 2. The van der Waals surface area contributed by atoms with Gasteiger partial charge in [0.2, 0.25) is 0 Å². The Hall–Kier alpha value is -3.47. The first-order valence-corrected chi connectivity index (χ1v) is 9.44. The van der Waals surface area contributed by atoms with E-state index in [1.54, 1.807) is 36.4 Å². The van der Waals surface area contributed by atoms with E-state index in [4.69, 9.17) is 0 Å². The van der Waals surface area contributed by atoms with Crippen LogP contribution in [-0.4, -0.2) is 18.4 Å². The van der Waals surface area contributed by atoms with Crippen LogP contribution in [0, 0.1) is 19.7 Å². The van der Waals surface area contributed by atoms with Crippen LogP contribution in [0.3, 0.4) is 0 Å². The molecule has 3 aromatic rings. The van der Waals surface area contributed by atoms with Crippen LogP contribution in [-0.2, 0) is 6.42 Å². The first kappa shape index (κ1) is 20.3. The number of amides is 2. The second kappa shape index (κ2) is 9.15. The first-order valence-electron chi connectivity index (χ1n) is 9.44. The minimum atomic E-state index is -0.284. The molecule has 0 aromatic heterocycles. The van der Waals surface area contributed by atoms with Crippen molar-refractivity contribution in [1.82, 2.24) is 5.32 Å². The minimum Gasteiger partial charge on any atom is -0.352 e. The van der Waals surface area contributed by atoms with Crippen LogP contribution in [0.15, 0.2) is 66.7 Å². The molecule has 148 valence electrons. The maximum atomic E-state index is 12.9. The van der Waals surface area contributed by atoms with Crippen molar-refractivity contribution in [2.45, 2.75) is 20.3 Å². The van der Waals surface area contributed by atoms with Crippen LogP contribution in [0.2, 0.25) is 0 Å². The molecule has 5 heteroatoms. The summed E-state index contributed by atoms with van der Waals surface area (Å²) >= 11 is 0. The maximum absolute atomic E-state index is 12.9. The third-order valence-corrected chi connectivity index (χ3v) is 4.72. The van der Waals surface area contributed by atoms with Crippen molar-refractivity contribution in [1.29, 1.82) is 0 Å². The van der Waals surface area contributed by atoms with E-state index >= 15 is 0 Å². The Morgan fingerprint density at radius 1 is 0.828 bits per heavy atom. The zero-order valence-electron chi connectivity index (χ0n) is 16.5. The van der Waals surface area contributed by atoms with E-state index in [0.717, 1.165) is 22.4 Å². The van der Waals surface area contributed by atoms with Crippen molar-refractivity contribution < 1.29 is 14.0 Å². The van der Waals surface area contributed by atoms with Gasteiger partial charge in [0.05, 0.1) is 0 Å². The number of halogens is 1. The van der Waals surface area contributed by atoms with Gasteiger partial charge in [-0.05, 0) is 67.3 Å². The highest BCUT2D eigenvalue weighted by Crippen LogP contribution is 2.20. The van der Waals surface area contributed by atoms with Gasteiger partial charge in [-0.25, -0.2) is 4.39 Å². The molecule has 2 amide bonds. The van der Waals surface area contributed by atoms with Gasteiger partial charge in [-0.3, -0.25) is 9.59 Å². The van der Waals surface area contributed by atoms with Crippen LogP contribution in [0.1, 0.15) is 37.4 Å². The van der Waals surface area contributed by atoms with E-state index in [-0.39, 0.29) is 17.6 Å². The molecule has 0 radical (unpaired) electrons. The molecule has 0 aliphatic heterocycles. The van der Waals surface area contributed by atoms with E-state index in [1.807, 2.05) is 32.0 Å². The quantitative estimate of drug-likeness (QED) is 0.643. The molecule has 0 heterocycles. The summed E-state index contributed by atoms with van der Waals surface area (Å²) in [6.07, 6.45) is 0.596. The van der Waals surface area contributed by atoms with Crippen molar-refractivity contribution in [3.05, 3.63) is 100 Å². The lowest BCUT2D eigenvalue weighted by Crippen LogP contribution is -2.26. The van der Waals surface area contributed by atoms with E-state index in [1.165, 1.54) is 12.1 Å². The molecule has 0 saturated heterocycles. The minimum absolute atomic E-state index is 0.256. The predicted octanol–water partition coefficient (Wildman–Crippen LogP) is 4.67. The first-order chi connectivity index (χ1) is 13.9. The number of hydrogen-bond donors (Lipinski definition) is 2. The Balaban J connectivity index is 1.63. The molecule has 0 atom stereocenters. The molecule has 29 heavy (non-hydrogen) atoms. The van der Waals surface area contributed by atoms with Crippen LogP contribution in [0.4, 0.5) is 10.1 Å². The molecule has 3 rings (SSSR count). The summed E-state index contributed by atoms with van der Waals surface area (Å²) in [5, 5.41) is 5.76. The lowest BCUT2D eigenvalue weighted by atomic mass is 10.1. The zero-order valence-corrected chi connectivity index (χ0v) is 16.5. The normalized spacial score (nSPS) is 10.4.